The number of rotatable bonds is 10. The topological polar surface area (TPSA) is 55.8 Å². The molecule has 0 unspecified atom stereocenters. The molecule has 0 atom stereocenters. The number of hydrogen-bond acceptors (Lipinski definition) is 4. The van der Waals surface area contributed by atoms with Crippen LogP contribution in [0.25, 0.3) is 0 Å². The summed E-state index contributed by atoms with van der Waals surface area (Å²) >= 11 is 0. The molecular weight excluding hydrogens is 297 g/mol. The Morgan fingerprint density at radius 1 is 1.05 bits per heavy atom. The molecule has 0 aliphatic carbocycles. The Morgan fingerprint density at radius 2 is 1.57 bits per heavy atom. The van der Waals surface area contributed by atoms with E-state index in [2.05, 4.69) is 0 Å². The third-order valence-electron chi connectivity index (χ3n) is 2.83. The van der Waals surface area contributed by atoms with Crippen LogP contribution in [-0.4, -0.2) is 52.2 Å². The van der Waals surface area contributed by atoms with Gasteiger partial charge in [0.2, 0.25) is 10.0 Å². The van der Waals surface area contributed by atoms with Gasteiger partial charge in [0.05, 0.1) is 13.2 Å². The number of benzene rings is 1. The van der Waals surface area contributed by atoms with E-state index in [0.717, 1.165) is 6.07 Å². The van der Waals surface area contributed by atoms with Gasteiger partial charge in [-0.3, -0.25) is 0 Å². The van der Waals surface area contributed by atoms with Gasteiger partial charge in [0.25, 0.3) is 0 Å². The lowest BCUT2D eigenvalue weighted by Gasteiger charge is -2.22. The van der Waals surface area contributed by atoms with Gasteiger partial charge in [-0.05, 0) is 26.0 Å². The Bertz CT molecular complexity index is 511. The highest BCUT2D eigenvalue weighted by Gasteiger charge is 2.26. The van der Waals surface area contributed by atoms with Crippen LogP contribution in [0.3, 0.4) is 0 Å². The molecule has 0 heterocycles. The summed E-state index contributed by atoms with van der Waals surface area (Å²) in [4.78, 5) is -0.321. The zero-order chi connectivity index (χ0) is 15.7. The standard InChI is InChI=1S/C14H22FNO4S/c1-3-19-11-9-16(10-12-20-4-2)21(17,18)14-8-6-5-7-13(14)15/h5-8H,3-4,9-12H2,1-2H3. The number of nitrogens with zero attached hydrogens (tertiary/aromatic N) is 1. The molecule has 1 rings (SSSR count). The van der Waals surface area contributed by atoms with Gasteiger partial charge >= 0.3 is 0 Å². The van der Waals surface area contributed by atoms with Crippen molar-refractivity contribution in [3.8, 4) is 0 Å². The summed E-state index contributed by atoms with van der Waals surface area (Å²) in [6.45, 7) is 5.51. The summed E-state index contributed by atoms with van der Waals surface area (Å²) in [5, 5.41) is 0. The maximum Gasteiger partial charge on any atom is 0.246 e. The highest BCUT2D eigenvalue weighted by atomic mass is 32.2. The second-order valence-corrected chi connectivity index (χ2v) is 6.13. The molecule has 7 heteroatoms. The summed E-state index contributed by atoms with van der Waals surface area (Å²) in [5.74, 6) is -0.754. The van der Waals surface area contributed by atoms with Crippen LogP contribution >= 0.6 is 0 Å². The van der Waals surface area contributed by atoms with E-state index in [1.165, 1.54) is 22.5 Å². The average Bonchev–Trinajstić information content (AvgIpc) is 2.46. The molecule has 0 N–H and O–H groups in total. The van der Waals surface area contributed by atoms with Gasteiger partial charge in [0.15, 0.2) is 0 Å². The summed E-state index contributed by atoms with van der Waals surface area (Å²) in [7, 11) is -3.89. The lowest BCUT2D eigenvalue weighted by atomic mass is 10.4. The second-order valence-electron chi connectivity index (χ2n) is 4.23. The van der Waals surface area contributed by atoms with Crippen LogP contribution in [0.2, 0.25) is 0 Å². The summed E-state index contributed by atoms with van der Waals surface area (Å²) in [6, 6.07) is 5.35. The Hall–Kier alpha value is -1.02. The first-order valence-corrected chi connectivity index (χ1v) is 8.38. The molecule has 0 amide bonds. The third-order valence-corrected chi connectivity index (χ3v) is 4.76. The number of ether oxygens (including phenoxy) is 2. The Kier molecular flexibility index (Phi) is 7.81. The molecule has 0 aliphatic rings. The van der Waals surface area contributed by atoms with Gasteiger partial charge in [-0.2, -0.15) is 4.31 Å². The quantitative estimate of drug-likeness (QED) is 0.618. The molecular formula is C14H22FNO4S. The fourth-order valence-corrected chi connectivity index (χ4v) is 3.24. The van der Waals surface area contributed by atoms with Gasteiger partial charge in [0.1, 0.15) is 10.7 Å². The van der Waals surface area contributed by atoms with Crippen molar-refractivity contribution in [1.29, 1.82) is 0 Å². The summed E-state index contributed by atoms with van der Waals surface area (Å²) in [6.07, 6.45) is 0. The van der Waals surface area contributed by atoms with Crippen molar-refractivity contribution >= 4 is 10.0 Å². The van der Waals surface area contributed by atoms with E-state index in [1.807, 2.05) is 13.8 Å². The Balaban J connectivity index is 2.90. The second kappa shape index (κ2) is 9.09. The molecule has 1 aromatic rings. The molecule has 0 saturated carbocycles. The minimum atomic E-state index is -3.89. The molecule has 0 aromatic heterocycles. The maximum absolute atomic E-state index is 13.8. The number of hydrogen-bond donors (Lipinski definition) is 0. The zero-order valence-electron chi connectivity index (χ0n) is 12.4. The summed E-state index contributed by atoms with van der Waals surface area (Å²) < 4.78 is 50.4. The Morgan fingerprint density at radius 3 is 2.05 bits per heavy atom. The van der Waals surface area contributed by atoms with E-state index < -0.39 is 15.8 Å². The minimum absolute atomic E-state index is 0.164. The first-order valence-electron chi connectivity index (χ1n) is 6.94. The van der Waals surface area contributed by atoms with E-state index in [0.29, 0.717) is 13.2 Å². The van der Waals surface area contributed by atoms with E-state index in [1.54, 1.807) is 0 Å². The molecule has 0 bridgehead atoms. The summed E-state index contributed by atoms with van der Waals surface area (Å²) in [5.41, 5.74) is 0. The van der Waals surface area contributed by atoms with Gasteiger partial charge in [-0.25, -0.2) is 12.8 Å². The lowest BCUT2D eigenvalue weighted by molar-refractivity contribution is 0.110. The van der Waals surface area contributed by atoms with Crippen LogP contribution in [0, 0.1) is 5.82 Å². The van der Waals surface area contributed by atoms with Crippen molar-refractivity contribution in [1.82, 2.24) is 4.31 Å². The molecule has 120 valence electrons. The van der Waals surface area contributed by atoms with E-state index in [9.17, 15) is 12.8 Å². The molecule has 0 saturated heterocycles. The molecule has 5 nitrogen and oxygen atoms in total. The number of halogens is 1. The first kappa shape index (κ1) is 18.0. The fourth-order valence-electron chi connectivity index (χ4n) is 1.77. The average molecular weight is 319 g/mol. The number of sulfonamides is 1. The molecule has 1 aromatic carbocycles. The van der Waals surface area contributed by atoms with Crippen molar-refractivity contribution < 1.29 is 22.3 Å². The molecule has 0 spiro atoms. The minimum Gasteiger partial charge on any atom is -0.380 e. The highest BCUT2D eigenvalue weighted by Crippen LogP contribution is 2.18. The molecule has 0 aliphatic heterocycles. The van der Waals surface area contributed by atoms with Crippen molar-refractivity contribution in [3.05, 3.63) is 30.1 Å². The van der Waals surface area contributed by atoms with E-state index in [4.69, 9.17) is 9.47 Å². The lowest BCUT2D eigenvalue weighted by Crippen LogP contribution is -2.37. The van der Waals surface area contributed by atoms with Crippen LogP contribution in [0.1, 0.15) is 13.8 Å². The SMILES string of the molecule is CCOCCN(CCOCC)S(=O)(=O)c1ccccc1F. The molecule has 0 radical (unpaired) electrons. The largest absolute Gasteiger partial charge is 0.380 e. The Labute approximate surface area is 125 Å². The van der Waals surface area contributed by atoms with Gasteiger partial charge in [-0.1, -0.05) is 12.1 Å². The first-order chi connectivity index (χ1) is 10.0. The van der Waals surface area contributed by atoms with Crippen LogP contribution in [0.5, 0.6) is 0 Å². The van der Waals surface area contributed by atoms with Crippen LogP contribution in [-0.2, 0) is 19.5 Å². The molecule has 0 fully saturated rings. The van der Waals surface area contributed by atoms with Crippen LogP contribution in [0.15, 0.2) is 29.2 Å². The van der Waals surface area contributed by atoms with Crippen LogP contribution in [0.4, 0.5) is 4.39 Å². The normalized spacial score (nSPS) is 12.0. The van der Waals surface area contributed by atoms with E-state index >= 15 is 0 Å². The van der Waals surface area contributed by atoms with E-state index in [-0.39, 0.29) is 31.2 Å². The fraction of sp³-hybridized carbons (Fsp3) is 0.571. The smallest absolute Gasteiger partial charge is 0.246 e. The van der Waals surface area contributed by atoms with Crippen LogP contribution < -0.4 is 0 Å². The van der Waals surface area contributed by atoms with Gasteiger partial charge in [-0.15, -0.1) is 0 Å². The zero-order valence-corrected chi connectivity index (χ0v) is 13.2. The van der Waals surface area contributed by atoms with Crippen molar-refractivity contribution in [3.63, 3.8) is 0 Å². The molecule has 21 heavy (non-hydrogen) atoms. The van der Waals surface area contributed by atoms with Crippen molar-refractivity contribution in [2.24, 2.45) is 0 Å². The maximum atomic E-state index is 13.8. The predicted octanol–water partition coefficient (Wildman–Crippen LogP) is 1.89. The monoisotopic (exact) mass is 319 g/mol. The van der Waals surface area contributed by atoms with Crippen molar-refractivity contribution in [2.75, 3.05) is 39.5 Å². The predicted molar refractivity (Wildman–Crippen MR) is 78.1 cm³/mol. The highest BCUT2D eigenvalue weighted by molar-refractivity contribution is 7.89. The van der Waals surface area contributed by atoms with Gasteiger partial charge < -0.3 is 9.47 Å². The van der Waals surface area contributed by atoms with Gasteiger partial charge in [0, 0.05) is 26.3 Å². The van der Waals surface area contributed by atoms with Crippen molar-refractivity contribution in [2.45, 2.75) is 18.7 Å². The third kappa shape index (κ3) is 5.35.